The Kier molecular flexibility index (Phi) is 4.14. The van der Waals surface area contributed by atoms with Gasteiger partial charge in [0.25, 0.3) is 5.91 Å². The molecule has 0 aromatic heterocycles. The Labute approximate surface area is 133 Å². The van der Waals surface area contributed by atoms with E-state index in [1.165, 1.54) is 11.8 Å². The number of amides is 1. The molecule has 3 rings (SSSR count). The zero-order chi connectivity index (χ0) is 15.5. The van der Waals surface area contributed by atoms with Crippen LogP contribution in [0.1, 0.15) is 15.9 Å². The Morgan fingerprint density at radius 1 is 1.18 bits per heavy atom. The van der Waals surface area contributed by atoms with Gasteiger partial charge in [-0.3, -0.25) is 4.79 Å². The minimum atomic E-state index is -0.388. The Morgan fingerprint density at radius 2 is 1.86 bits per heavy atom. The number of nitrogens with zero attached hydrogens (tertiary/aromatic N) is 2. The molecule has 0 unspecified atom stereocenters. The van der Waals surface area contributed by atoms with Crippen LogP contribution in [0.15, 0.2) is 58.3 Å². The molecule has 1 saturated heterocycles. The molecule has 0 saturated carbocycles. The van der Waals surface area contributed by atoms with Gasteiger partial charge in [0.1, 0.15) is 6.07 Å². The molecule has 5 heteroatoms. The summed E-state index contributed by atoms with van der Waals surface area (Å²) in [5.41, 5.74) is 1.26. The lowest BCUT2D eigenvalue weighted by molar-refractivity contribution is 0.00589. The van der Waals surface area contributed by atoms with Crippen LogP contribution in [-0.2, 0) is 0 Å². The van der Waals surface area contributed by atoms with Crippen LogP contribution in [0, 0.1) is 11.3 Å². The van der Waals surface area contributed by atoms with Crippen molar-refractivity contribution in [1.29, 1.82) is 5.26 Å². The molecule has 1 aliphatic heterocycles. The SMILES string of the molecule is N#Cc1ccccc1Sc1ccc(C(=O)N2CC(O)C2)cc1. The van der Waals surface area contributed by atoms with Gasteiger partial charge in [-0.15, -0.1) is 0 Å². The quantitative estimate of drug-likeness (QED) is 0.946. The minimum Gasteiger partial charge on any atom is -0.389 e. The van der Waals surface area contributed by atoms with Crippen molar-refractivity contribution in [3.05, 3.63) is 59.7 Å². The fraction of sp³-hybridized carbons (Fsp3) is 0.176. The summed E-state index contributed by atoms with van der Waals surface area (Å²) in [6, 6.07) is 16.9. The van der Waals surface area contributed by atoms with Crippen molar-refractivity contribution < 1.29 is 9.90 Å². The van der Waals surface area contributed by atoms with Gasteiger partial charge in [0.05, 0.1) is 11.7 Å². The largest absolute Gasteiger partial charge is 0.389 e. The highest BCUT2D eigenvalue weighted by molar-refractivity contribution is 7.99. The van der Waals surface area contributed by atoms with Gasteiger partial charge in [-0.05, 0) is 36.4 Å². The molecule has 1 aliphatic rings. The lowest BCUT2D eigenvalue weighted by atomic mass is 10.1. The highest BCUT2D eigenvalue weighted by Gasteiger charge is 2.29. The topological polar surface area (TPSA) is 64.3 Å². The van der Waals surface area contributed by atoms with E-state index >= 15 is 0 Å². The number of hydrogen-bond donors (Lipinski definition) is 1. The molecule has 22 heavy (non-hydrogen) atoms. The molecule has 0 bridgehead atoms. The Bertz CT molecular complexity index is 731. The highest BCUT2D eigenvalue weighted by atomic mass is 32.2. The van der Waals surface area contributed by atoms with Crippen molar-refractivity contribution in [2.24, 2.45) is 0 Å². The number of rotatable bonds is 3. The van der Waals surface area contributed by atoms with E-state index in [0.717, 1.165) is 9.79 Å². The van der Waals surface area contributed by atoms with E-state index in [1.54, 1.807) is 23.1 Å². The fourth-order valence-electron chi connectivity index (χ4n) is 2.24. The van der Waals surface area contributed by atoms with Crippen molar-refractivity contribution in [2.75, 3.05) is 13.1 Å². The molecule has 1 amide bonds. The normalized spacial score (nSPS) is 14.3. The van der Waals surface area contributed by atoms with E-state index < -0.39 is 0 Å². The summed E-state index contributed by atoms with van der Waals surface area (Å²) >= 11 is 1.50. The maximum Gasteiger partial charge on any atom is 0.254 e. The zero-order valence-electron chi connectivity index (χ0n) is 11.8. The average molecular weight is 310 g/mol. The summed E-state index contributed by atoms with van der Waals surface area (Å²) in [5, 5.41) is 18.3. The molecule has 2 aromatic carbocycles. The van der Waals surface area contributed by atoms with E-state index in [9.17, 15) is 9.90 Å². The minimum absolute atomic E-state index is 0.0562. The lowest BCUT2D eigenvalue weighted by Crippen LogP contribution is -2.53. The lowest BCUT2D eigenvalue weighted by Gasteiger charge is -2.35. The van der Waals surface area contributed by atoms with Crippen LogP contribution in [0.25, 0.3) is 0 Å². The predicted molar refractivity (Wildman–Crippen MR) is 83.6 cm³/mol. The van der Waals surface area contributed by atoms with Crippen molar-refractivity contribution >= 4 is 17.7 Å². The molecule has 0 spiro atoms. The molecule has 1 heterocycles. The number of likely N-dealkylation sites (tertiary alicyclic amines) is 1. The number of carbonyl (C=O) groups is 1. The Morgan fingerprint density at radius 3 is 2.50 bits per heavy atom. The number of carbonyl (C=O) groups excluding carboxylic acids is 1. The van der Waals surface area contributed by atoms with Crippen LogP contribution in [0.2, 0.25) is 0 Å². The molecular formula is C17H14N2O2S. The summed E-state index contributed by atoms with van der Waals surface area (Å²) in [6.45, 7) is 0.815. The second-order valence-corrected chi connectivity index (χ2v) is 6.21. The van der Waals surface area contributed by atoms with Gasteiger partial charge in [-0.25, -0.2) is 0 Å². The predicted octanol–water partition coefficient (Wildman–Crippen LogP) is 2.53. The first-order chi connectivity index (χ1) is 10.7. The van der Waals surface area contributed by atoms with Crippen molar-refractivity contribution in [3.8, 4) is 6.07 Å². The molecule has 1 fully saturated rings. The van der Waals surface area contributed by atoms with Crippen LogP contribution < -0.4 is 0 Å². The number of aliphatic hydroxyl groups is 1. The summed E-state index contributed by atoms with van der Waals surface area (Å²) in [6.07, 6.45) is -0.388. The molecule has 4 nitrogen and oxygen atoms in total. The van der Waals surface area contributed by atoms with Gasteiger partial charge in [0.2, 0.25) is 0 Å². The monoisotopic (exact) mass is 310 g/mol. The van der Waals surface area contributed by atoms with Gasteiger partial charge in [-0.1, -0.05) is 23.9 Å². The first-order valence-corrected chi connectivity index (χ1v) is 7.73. The van der Waals surface area contributed by atoms with Crippen LogP contribution in [0.5, 0.6) is 0 Å². The first kappa shape index (κ1) is 14.6. The highest BCUT2D eigenvalue weighted by Crippen LogP contribution is 2.30. The Balaban J connectivity index is 1.72. The molecule has 110 valence electrons. The molecule has 0 aliphatic carbocycles. The summed E-state index contributed by atoms with van der Waals surface area (Å²) in [5.74, 6) is -0.0562. The standard InChI is InChI=1S/C17H14N2O2S/c18-9-13-3-1-2-4-16(13)22-15-7-5-12(6-8-15)17(21)19-10-14(20)11-19/h1-8,14,20H,10-11H2. The number of hydrogen-bond acceptors (Lipinski definition) is 4. The second kappa shape index (κ2) is 6.22. The number of nitriles is 1. The van der Waals surface area contributed by atoms with Gasteiger partial charge >= 0.3 is 0 Å². The van der Waals surface area contributed by atoms with E-state index in [1.807, 2.05) is 30.3 Å². The number of aliphatic hydroxyl groups excluding tert-OH is 1. The van der Waals surface area contributed by atoms with Crippen LogP contribution in [-0.4, -0.2) is 35.1 Å². The number of β-amino-alcohol motifs (C(OH)–C–C–N with tert-alkyl or cyclic N) is 1. The number of benzene rings is 2. The maximum atomic E-state index is 12.1. The van der Waals surface area contributed by atoms with Gasteiger partial charge < -0.3 is 10.0 Å². The fourth-order valence-corrected chi connectivity index (χ4v) is 3.14. The van der Waals surface area contributed by atoms with Crippen LogP contribution in [0.4, 0.5) is 0 Å². The van der Waals surface area contributed by atoms with Crippen LogP contribution >= 0.6 is 11.8 Å². The van der Waals surface area contributed by atoms with E-state index in [2.05, 4.69) is 6.07 Å². The second-order valence-electron chi connectivity index (χ2n) is 5.10. The molecular weight excluding hydrogens is 296 g/mol. The molecule has 2 aromatic rings. The summed E-state index contributed by atoms with van der Waals surface area (Å²) in [7, 11) is 0. The Hall–Kier alpha value is -2.29. The van der Waals surface area contributed by atoms with Crippen LogP contribution in [0.3, 0.4) is 0 Å². The third kappa shape index (κ3) is 2.98. The molecule has 0 radical (unpaired) electrons. The summed E-state index contributed by atoms with van der Waals surface area (Å²) in [4.78, 5) is 15.6. The smallest absolute Gasteiger partial charge is 0.254 e. The summed E-state index contributed by atoms with van der Waals surface area (Å²) < 4.78 is 0. The molecule has 0 atom stereocenters. The third-order valence-electron chi connectivity index (χ3n) is 3.49. The van der Waals surface area contributed by atoms with Gasteiger partial charge in [-0.2, -0.15) is 5.26 Å². The van der Waals surface area contributed by atoms with E-state index in [4.69, 9.17) is 5.26 Å². The average Bonchev–Trinajstić information content (AvgIpc) is 2.52. The van der Waals surface area contributed by atoms with Crippen molar-refractivity contribution in [3.63, 3.8) is 0 Å². The third-order valence-corrected chi connectivity index (χ3v) is 4.57. The van der Waals surface area contributed by atoms with E-state index in [0.29, 0.717) is 24.2 Å². The van der Waals surface area contributed by atoms with Gasteiger partial charge in [0.15, 0.2) is 0 Å². The van der Waals surface area contributed by atoms with Crippen molar-refractivity contribution in [1.82, 2.24) is 4.90 Å². The molecule has 1 N–H and O–H groups in total. The van der Waals surface area contributed by atoms with Gasteiger partial charge in [0, 0.05) is 28.4 Å². The van der Waals surface area contributed by atoms with Crippen molar-refractivity contribution in [2.45, 2.75) is 15.9 Å². The first-order valence-electron chi connectivity index (χ1n) is 6.92. The van der Waals surface area contributed by atoms with E-state index in [-0.39, 0.29) is 12.0 Å². The zero-order valence-corrected chi connectivity index (χ0v) is 12.6. The maximum absolute atomic E-state index is 12.1.